The summed E-state index contributed by atoms with van der Waals surface area (Å²) in [6, 6.07) is 8.92. The van der Waals surface area contributed by atoms with E-state index in [0.29, 0.717) is 23.6 Å². The van der Waals surface area contributed by atoms with E-state index in [2.05, 4.69) is 20.7 Å². The lowest BCUT2D eigenvalue weighted by Gasteiger charge is -2.11. The molecular formula is C16H17N5O2. The monoisotopic (exact) mass is 311 g/mol. The van der Waals surface area contributed by atoms with Gasteiger partial charge < -0.3 is 15.7 Å². The standard InChI is InChI=1S/C16H17N5O2/c1-2-17-16(23)19-14-9-13(20-21-8-7-18-15(14)21)12-6-4-3-5-11(12)10-22/h3-9,22H,2,10H2,1H3,(H2,17,19,23). The molecule has 0 aliphatic carbocycles. The van der Waals surface area contributed by atoms with Gasteiger partial charge in [0, 0.05) is 24.5 Å². The van der Waals surface area contributed by atoms with Crippen LogP contribution in [0, 0.1) is 0 Å². The van der Waals surface area contributed by atoms with Crippen LogP contribution in [-0.2, 0) is 6.61 Å². The molecule has 0 spiro atoms. The number of aliphatic hydroxyl groups excluding tert-OH is 1. The number of hydrogen-bond acceptors (Lipinski definition) is 4. The SMILES string of the molecule is CCNC(=O)Nc1cc(-c2ccccc2CO)nn2ccnc12. The molecule has 1 aromatic carbocycles. The second-order valence-corrected chi connectivity index (χ2v) is 4.94. The first kappa shape index (κ1) is 15.0. The summed E-state index contributed by atoms with van der Waals surface area (Å²) < 4.78 is 1.60. The summed E-state index contributed by atoms with van der Waals surface area (Å²) >= 11 is 0. The summed E-state index contributed by atoms with van der Waals surface area (Å²) in [4.78, 5) is 16.0. The fourth-order valence-electron chi connectivity index (χ4n) is 2.38. The van der Waals surface area contributed by atoms with Gasteiger partial charge in [-0.2, -0.15) is 5.10 Å². The van der Waals surface area contributed by atoms with Crippen molar-refractivity contribution < 1.29 is 9.90 Å². The highest BCUT2D eigenvalue weighted by molar-refractivity contribution is 5.93. The molecular weight excluding hydrogens is 294 g/mol. The van der Waals surface area contributed by atoms with Gasteiger partial charge in [-0.1, -0.05) is 24.3 Å². The van der Waals surface area contributed by atoms with E-state index in [9.17, 15) is 9.90 Å². The molecule has 0 fully saturated rings. The fourth-order valence-corrected chi connectivity index (χ4v) is 2.38. The fraction of sp³-hybridized carbons (Fsp3) is 0.188. The second kappa shape index (κ2) is 6.45. The highest BCUT2D eigenvalue weighted by atomic mass is 16.3. The van der Waals surface area contributed by atoms with Crippen LogP contribution in [0.4, 0.5) is 10.5 Å². The molecule has 0 bridgehead atoms. The third-order valence-electron chi connectivity index (χ3n) is 3.41. The van der Waals surface area contributed by atoms with Gasteiger partial charge in [0.15, 0.2) is 5.65 Å². The number of nitrogens with zero attached hydrogens (tertiary/aromatic N) is 3. The molecule has 0 saturated carbocycles. The van der Waals surface area contributed by atoms with Gasteiger partial charge in [-0.15, -0.1) is 0 Å². The maximum Gasteiger partial charge on any atom is 0.319 e. The van der Waals surface area contributed by atoms with Crippen LogP contribution in [0.2, 0.25) is 0 Å². The van der Waals surface area contributed by atoms with Gasteiger partial charge in [-0.3, -0.25) is 0 Å². The van der Waals surface area contributed by atoms with Crippen LogP contribution in [0.15, 0.2) is 42.7 Å². The number of carbonyl (C=O) groups is 1. The second-order valence-electron chi connectivity index (χ2n) is 4.94. The number of carbonyl (C=O) groups excluding carboxylic acids is 1. The lowest BCUT2D eigenvalue weighted by Crippen LogP contribution is -2.28. The molecule has 0 unspecified atom stereocenters. The number of amides is 2. The van der Waals surface area contributed by atoms with Crippen LogP contribution >= 0.6 is 0 Å². The first-order chi connectivity index (χ1) is 11.2. The Morgan fingerprint density at radius 3 is 2.96 bits per heavy atom. The molecule has 0 aliphatic heterocycles. The number of imidazole rings is 1. The molecule has 2 heterocycles. The van der Waals surface area contributed by atoms with E-state index in [-0.39, 0.29) is 12.6 Å². The molecule has 0 aliphatic rings. The van der Waals surface area contributed by atoms with Crippen LogP contribution in [0.5, 0.6) is 0 Å². The Labute approximate surface area is 133 Å². The Balaban J connectivity index is 2.10. The summed E-state index contributed by atoms with van der Waals surface area (Å²) in [5, 5.41) is 19.5. The van der Waals surface area contributed by atoms with Gasteiger partial charge >= 0.3 is 6.03 Å². The average Bonchev–Trinajstić information content (AvgIpc) is 3.03. The molecule has 7 heteroatoms. The first-order valence-corrected chi connectivity index (χ1v) is 7.31. The number of nitrogens with one attached hydrogen (secondary N) is 2. The topological polar surface area (TPSA) is 91.5 Å². The minimum absolute atomic E-state index is 0.0844. The van der Waals surface area contributed by atoms with Gasteiger partial charge in [0.2, 0.25) is 0 Å². The molecule has 7 nitrogen and oxygen atoms in total. The van der Waals surface area contributed by atoms with Crippen molar-refractivity contribution in [2.75, 3.05) is 11.9 Å². The number of hydrogen-bond donors (Lipinski definition) is 3. The number of aliphatic hydroxyl groups is 1. The normalized spacial score (nSPS) is 10.7. The Hall–Kier alpha value is -2.93. The lowest BCUT2D eigenvalue weighted by atomic mass is 10.0. The van der Waals surface area contributed by atoms with E-state index in [1.165, 1.54) is 0 Å². The summed E-state index contributed by atoms with van der Waals surface area (Å²) in [5.74, 6) is 0. The predicted octanol–water partition coefficient (Wildman–Crippen LogP) is 2.03. The van der Waals surface area contributed by atoms with Crippen molar-refractivity contribution in [3.8, 4) is 11.3 Å². The van der Waals surface area contributed by atoms with Gasteiger partial charge in [-0.05, 0) is 18.6 Å². The number of urea groups is 1. The maximum atomic E-state index is 11.8. The zero-order valence-electron chi connectivity index (χ0n) is 12.7. The van der Waals surface area contributed by atoms with E-state index >= 15 is 0 Å². The van der Waals surface area contributed by atoms with Crippen molar-refractivity contribution in [2.45, 2.75) is 13.5 Å². The number of rotatable bonds is 4. The van der Waals surface area contributed by atoms with Gasteiger partial charge in [0.1, 0.15) is 0 Å². The smallest absolute Gasteiger partial charge is 0.319 e. The van der Waals surface area contributed by atoms with Crippen LogP contribution in [-0.4, -0.2) is 32.3 Å². The van der Waals surface area contributed by atoms with Gasteiger partial charge in [-0.25, -0.2) is 14.3 Å². The summed E-state index contributed by atoms with van der Waals surface area (Å²) in [6.45, 7) is 2.29. The zero-order valence-corrected chi connectivity index (χ0v) is 12.7. The molecule has 0 atom stereocenters. The number of fused-ring (bicyclic) bond motifs is 1. The van der Waals surface area contributed by atoms with E-state index in [0.717, 1.165) is 11.1 Å². The van der Waals surface area contributed by atoms with E-state index < -0.39 is 0 Å². The van der Waals surface area contributed by atoms with Crippen LogP contribution in [0.25, 0.3) is 16.9 Å². The van der Waals surface area contributed by atoms with Crippen LogP contribution < -0.4 is 10.6 Å². The third-order valence-corrected chi connectivity index (χ3v) is 3.41. The number of anilines is 1. The minimum Gasteiger partial charge on any atom is -0.392 e. The zero-order chi connectivity index (χ0) is 16.2. The van der Waals surface area contributed by atoms with Crippen molar-refractivity contribution in [3.63, 3.8) is 0 Å². The molecule has 118 valence electrons. The van der Waals surface area contributed by atoms with Crippen molar-refractivity contribution in [2.24, 2.45) is 0 Å². The molecule has 2 amide bonds. The first-order valence-electron chi connectivity index (χ1n) is 7.31. The molecule has 23 heavy (non-hydrogen) atoms. The summed E-state index contributed by atoms with van der Waals surface area (Å²) in [7, 11) is 0. The van der Waals surface area contributed by atoms with Crippen molar-refractivity contribution in [3.05, 3.63) is 48.3 Å². The molecule has 2 aromatic heterocycles. The quantitative estimate of drug-likeness (QED) is 0.687. The average molecular weight is 311 g/mol. The lowest BCUT2D eigenvalue weighted by molar-refractivity contribution is 0.252. The van der Waals surface area contributed by atoms with Gasteiger partial charge in [0.05, 0.1) is 18.0 Å². The summed E-state index contributed by atoms with van der Waals surface area (Å²) in [5.41, 5.74) is 3.33. The molecule has 0 saturated heterocycles. The van der Waals surface area contributed by atoms with Gasteiger partial charge in [0.25, 0.3) is 0 Å². The minimum atomic E-state index is -0.301. The summed E-state index contributed by atoms with van der Waals surface area (Å²) in [6.07, 6.45) is 3.33. The van der Waals surface area contributed by atoms with Crippen LogP contribution in [0.1, 0.15) is 12.5 Å². The Morgan fingerprint density at radius 2 is 2.17 bits per heavy atom. The Bertz CT molecular complexity index is 843. The van der Waals surface area contributed by atoms with Crippen molar-refractivity contribution >= 4 is 17.4 Å². The maximum absolute atomic E-state index is 11.8. The van der Waals surface area contributed by atoms with Crippen LogP contribution in [0.3, 0.4) is 0 Å². The highest BCUT2D eigenvalue weighted by Crippen LogP contribution is 2.26. The van der Waals surface area contributed by atoms with Crippen molar-refractivity contribution in [1.82, 2.24) is 19.9 Å². The largest absolute Gasteiger partial charge is 0.392 e. The molecule has 0 radical (unpaired) electrons. The van der Waals surface area contributed by atoms with Crippen molar-refractivity contribution in [1.29, 1.82) is 0 Å². The highest BCUT2D eigenvalue weighted by Gasteiger charge is 2.13. The predicted molar refractivity (Wildman–Crippen MR) is 87.0 cm³/mol. The van der Waals surface area contributed by atoms with E-state index in [4.69, 9.17) is 0 Å². The molecule has 3 rings (SSSR count). The van der Waals surface area contributed by atoms with E-state index in [1.807, 2.05) is 31.2 Å². The Morgan fingerprint density at radius 1 is 1.35 bits per heavy atom. The Kier molecular flexibility index (Phi) is 4.20. The number of aromatic nitrogens is 3. The molecule has 3 N–H and O–H groups in total. The number of benzene rings is 1. The molecule has 3 aromatic rings. The third kappa shape index (κ3) is 3.00. The van der Waals surface area contributed by atoms with E-state index in [1.54, 1.807) is 23.0 Å².